The van der Waals surface area contributed by atoms with E-state index in [-0.39, 0.29) is 11.9 Å². The Morgan fingerprint density at radius 1 is 1.40 bits per heavy atom. The second-order valence-electron chi connectivity index (χ2n) is 3.57. The molecule has 2 N–H and O–H groups in total. The van der Waals surface area contributed by atoms with E-state index in [1.165, 1.54) is 0 Å². The highest BCUT2D eigenvalue weighted by molar-refractivity contribution is 5.81. The molecule has 3 nitrogen and oxygen atoms in total. The monoisotopic (exact) mass is 210 g/mol. The first-order valence-corrected chi connectivity index (χ1v) is 5.43. The fourth-order valence-corrected chi connectivity index (χ4v) is 1.35. The van der Waals surface area contributed by atoms with Crippen molar-refractivity contribution in [2.45, 2.75) is 32.2 Å². The molecule has 0 aromatic rings. The van der Waals surface area contributed by atoms with Gasteiger partial charge in [-0.05, 0) is 6.42 Å². The minimum atomic E-state index is -0.384. The highest BCUT2D eigenvalue weighted by atomic mass is 16.2. The maximum Gasteiger partial charge on any atom is 0.240 e. The summed E-state index contributed by atoms with van der Waals surface area (Å²) in [5.41, 5.74) is 5.80. The zero-order chi connectivity index (χ0) is 11.7. The van der Waals surface area contributed by atoms with Crippen molar-refractivity contribution < 1.29 is 4.79 Å². The van der Waals surface area contributed by atoms with E-state index in [2.05, 4.69) is 20.1 Å². The first-order chi connectivity index (χ1) is 7.17. The molecule has 0 bridgehead atoms. The molecule has 0 unspecified atom stereocenters. The van der Waals surface area contributed by atoms with Gasteiger partial charge in [0.05, 0.1) is 6.04 Å². The van der Waals surface area contributed by atoms with Crippen LogP contribution in [0.5, 0.6) is 0 Å². The predicted molar refractivity (Wildman–Crippen MR) is 64.5 cm³/mol. The van der Waals surface area contributed by atoms with Crippen LogP contribution >= 0.6 is 0 Å². The van der Waals surface area contributed by atoms with Crippen molar-refractivity contribution in [2.24, 2.45) is 5.73 Å². The lowest BCUT2D eigenvalue weighted by atomic mass is 10.1. The molecule has 0 saturated carbocycles. The van der Waals surface area contributed by atoms with Crippen LogP contribution in [0.4, 0.5) is 0 Å². The highest BCUT2D eigenvalue weighted by Crippen LogP contribution is 2.03. The minimum absolute atomic E-state index is 0.0109. The molecule has 15 heavy (non-hydrogen) atoms. The first kappa shape index (κ1) is 13.9. The molecular weight excluding hydrogens is 188 g/mol. The number of hydrogen-bond acceptors (Lipinski definition) is 2. The Bertz CT molecular complexity index is 204. The van der Waals surface area contributed by atoms with Gasteiger partial charge >= 0.3 is 0 Å². The Balaban J connectivity index is 4.20. The fraction of sp³-hybridized carbons (Fsp3) is 0.583. The summed E-state index contributed by atoms with van der Waals surface area (Å²) >= 11 is 0. The number of amides is 1. The zero-order valence-electron chi connectivity index (χ0n) is 9.61. The molecule has 0 aliphatic carbocycles. The average molecular weight is 210 g/mol. The van der Waals surface area contributed by atoms with Crippen molar-refractivity contribution in [3.8, 4) is 0 Å². The zero-order valence-corrected chi connectivity index (χ0v) is 9.61. The van der Waals surface area contributed by atoms with Crippen LogP contribution < -0.4 is 5.73 Å². The molecule has 0 rings (SSSR count). The van der Waals surface area contributed by atoms with Gasteiger partial charge in [-0.1, -0.05) is 31.9 Å². The Morgan fingerprint density at radius 2 is 1.93 bits per heavy atom. The number of unbranched alkanes of at least 4 members (excludes halogenated alkanes) is 1. The molecule has 0 heterocycles. The summed E-state index contributed by atoms with van der Waals surface area (Å²) in [5, 5.41) is 0. The normalized spacial score (nSPS) is 11.9. The third-order valence-electron chi connectivity index (χ3n) is 2.20. The van der Waals surface area contributed by atoms with Gasteiger partial charge < -0.3 is 10.6 Å². The van der Waals surface area contributed by atoms with E-state index in [0.717, 1.165) is 19.3 Å². The van der Waals surface area contributed by atoms with E-state index in [1.807, 2.05) is 0 Å². The second-order valence-corrected chi connectivity index (χ2v) is 3.57. The first-order valence-electron chi connectivity index (χ1n) is 5.43. The topological polar surface area (TPSA) is 46.3 Å². The molecular formula is C12H22N2O. The van der Waals surface area contributed by atoms with E-state index in [1.54, 1.807) is 17.1 Å². The number of carbonyl (C=O) groups excluding carboxylic acids is 1. The van der Waals surface area contributed by atoms with Crippen LogP contribution in [0.15, 0.2) is 25.3 Å². The summed E-state index contributed by atoms with van der Waals surface area (Å²) in [6, 6.07) is -0.384. The lowest BCUT2D eigenvalue weighted by Gasteiger charge is -2.23. The molecule has 86 valence electrons. The summed E-state index contributed by atoms with van der Waals surface area (Å²) in [6.07, 6.45) is 6.20. The van der Waals surface area contributed by atoms with Gasteiger partial charge in [0.2, 0.25) is 5.91 Å². The van der Waals surface area contributed by atoms with E-state index in [9.17, 15) is 4.79 Å². The number of nitrogens with zero attached hydrogens (tertiary/aromatic N) is 1. The molecule has 0 aromatic carbocycles. The maximum absolute atomic E-state index is 11.8. The number of carbonyl (C=O) groups is 1. The van der Waals surface area contributed by atoms with Gasteiger partial charge in [0.25, 0.3) is 0 Å². The van der Waals surface area contributed by atoms with Gasteiger partial charge in [-0.2, -0.15) is 0 Å². The lowest BCUT2D eigenvalue weighted by Crippen LogP contribution is -2.43. The molecule has 1 amide bonds. The summed E-state index contributed by atoms with van der Waals surface area (Å²) < 4.78 is 0. The molecule has 0 spiro atoms. The smallest absolute Gasteiger partial charge is 0.240 e. The van der Waals surface area contributed by atoms with Crippen molar-refractivity contribution in [3.63, 3.8) is 0 Å². The second kappa shape index (κ2) is 8.24. The van der Waals surface area contributed by atoms with E-state index >= 15 is 0 Å². The van der Waals surface area contributed by atoms with E-state index in [0.29, 0.717) is 13.1 Å². The molecule has 1 atom stereocenters. The van der Waals surface area contributed by atoms with Crippen molar-refractivity contribution in [2.75, 3.05) is 13.1 Å². The molecule has 0 fully saturated rings. The van der Waals surface area contributed by atoms with E-state index in [4.69, 9.17) is 5.73 Å². The molecule has 0 aliphatic rings. The number of rotatable bonds is 8. The molecule has 0 aliphatic heterocycles. The van der Waals surface area contributed by atoms with Crippen molar-refractivity contribution in [3.05, 3.63) is 25.3 Å². The lowest BCUT2D eigenvalue weighted by molar-refractivity contribution is -0.131. The minimum Gasteiger partial charge on any atom is -0.334 e. The van der Waals surface area contributed by atoms with Crippen LogP contribution in [0.25, 0.3) is 0 Å². The van der Waals surface area contributed by atoms with Crippen molar-refractivity contribution >= 4 is 5.91 Å². The summed E-state index contributed by atoms with van der Waals surface area (Å²) in [6.45, 7) is 10.4. The van der Waals surface area contributed by atoms with E-state index < -0.39 is 0 Å². The van der Waals surface area contributed by atoms with Crippen molar-refractivity contribution in [1.82, 2.24) is 4.90 Å². The summed E-state index contributed by atoms with van der Waals surface area (Å²) in [5.74, 6) is -0.0109. The quantitative estimate of drug-likeness (QED) is 0.620. The van der Waals surface area contributed by atoms with Crippen LogP contribution in [0, 0.1) is 0 Å². The van der Waals surface area contributed by atoms with Crippen LogP contribution in [0.1, 0.15) is 26.2 Å². The molecule has 3 heteroatoms. The molecule has 0 saturated heterocycles. The number of hydrogen-bond donors (Lipinski definition) is 1. The Kier molecular flexibility index (Phi) is 7.64. The fourth-order valence-electron chi connectivity index (χ4n) is 1.35. The van der Waals surface area contributed by atoms with Crippen LogP contribution in [-0.4, -0.2) is 29.9 Å². The third-order valence-corrected chi connectivity index (χ3v) is 2.20. The van der Waals surface area contributed by atoms with Gasteiger partial charge in [-0.15, -0.1) is 13.2 Å². The van der Waals surface area contributed by atoms with Gasteiger partial charge in [0, 0.05) is 13.1 Å². The third kappa shape index (κ3) is 5.37. The van der Waals surface area contributed by atoms with Gasteiger partial charge in [-0.25, -0.2) is 0 Å². The average Bonchev–Trinajstić information content (AvgIpc) is 2.24. The highest BCUT2D eigenvalue weighted by Gasteiger charge is 2.18. The summed E-state index contributed by atoms with van der Waals surface area (Å²) in [4.78, 5) is 13.5. The van der Waals surface area contributed by atoms with Gasteiger partial charge in [0.15, 0.2) is 0 Å². The molecule has 0 radical (unpaired) electrons. The van der Waals surface area contributed by atoms with Crippen molar-refractivity contribution in [1.29, 1.82) is 0 Å². The Morgan fingerprint density at radius 3 is 2.33 bits per heavy atom. The van der Waals surface area contributed by atoms with Crippen LogP contribution in [-0.2, 0) is 4.79 Å². The summed E-state index contributed by atoms with van der Waals surface area (Å²) in [7, 11) is 0. The Hall–Kier alpha value is -1.09. The maximum atomic E-state index is 11.8. The number of nitrogens with two attached hydrogens (primary N) is 1. The molecule has 0 aromatic heterocycles. The van der Waals surface area contributed by atoms with Gasteiger partial charge in [-0.3, -0.25) is 4.79 Å². The Labute approximate surface area is 92.6 Å². The van der Waals surface area contributed by atoms with Crippen LogP contribution in [0.2, 0.25) is 0 Å². The van der Waals surface area contributed by atoms with Crippen LogP contribution in [0.3, 0.4) is 0 Å². The standard InChI is InChI=1S/C12H22N2O/c1-4-7-8-11(13)12(15)14(9-5-2)10-6-3/h5-6,11H,2-4,7-10,13H2,1H3/t11-/m0/s1. The predicted octanol–water partition coefficient (Wildman–Crippen LogP) is 1.70. The largest absolute Gasteiger partial charge is 0.334 e. The SMILES string of the molecule is C=CCN(CC=C)C(=O)[C@@H](N)CCCC. The van der Waals surface area contributed by atoms with Gasteiger partial charge in [0.1, 0.15) is 0 Å².